The van der Waals surface area contributed by atoms with E-state index in [0.29, 0.717) is 5.56 Å². The van der Waals surface area contributed by atoms with Gasteiger partial charge in [-0.3, -0.25) is 4.79 Å². The van der Waals surface area contributed by atoms with Gasteiger partial charge >= 0.3 is 0 Å². The van der Waals surface area contributed by atoms with Crippen LogP contribution >= 0.6 is 15.9 Å². The normalized spacial score (nSPS) is 11.1. The van der Waals surface area contributed by atoms with Gasteiger partial charge in [-0.25, -0.2) is 0 Å². The number of fused-ring (bicyclic) bond motifs is 1. The van der Waals surface area contributed by atoms with E-state index in [1.54, 1.807) is 6.08 Å². The lowest BCUT2D eigenvalue weighted by molar-refractivity contribution is 0.104. The molecule has 21 heavy (non-hydrogen) atoms. The zero-order chi connectivity index (χ0) is 14.7. The van der Waals surface area contributed by atoms with Gasteiger partial charge < -0.3 is 0 Å². The molecular weight excluding hydrogens is 324 g/mol. The number of carbonyl (C=O) groups excluding carboxylic acids is 1. The van der Waals surface area contributed by atoms with E-state index in [9.17, 15) is 4.79 Å². The maximum atomic E-state index is 12.2. The highest BCUT2D eigenvalue weighted by Crippen LogP contribution is 2.17. The number of hydrogen-bond donors (Lipinski definition) is 0. The maximum absolute atomic E-state index is 12.2. The van der Waals surface area contributed by atoms with Crippen LogP contribution in [-0.4, -0.2) is 5.78 Å². The molecular formula is C19H13BrO. The Kier molecular flexibility index (Phi) is 3.98. The molecule has 0 aliphatic rings. The fraction of sp³-hybridized carbons (Fsp3) is 0. The highest BCUT2D eigenvalue weighted by Gasteiger charge is 2.02. The third-order valence-corrected chi connectivity index (χ3v) is 3.80. The lowest BCUT2D eigenvalue weighted by Crippen LogP contribution is -1.93. The van der Waals surface area contributed by atoms with Crippen LogP contribution in [0.4, 0.5) is 0 Å². The molecule has 0 amide bonds. The highest BCUT2D eigenvalue weighted by molar-refractivity contribution is 9.10. The molecule has 3 rings (SSSR count). The number of allylic oxidation sites excluding steroid dienone is 1. The van der Waals surface area contributed by atoms with Crippen molar-refractivity contribution in [2.75, 3.05) is 0 Å². The summed E-state index contributed by atoms with van der Waals surface area (Å²) in [5.41, 5.74) is 1.71. The van der Waals surface area contributed by atoms with E-state index in [4.69, 9.17) is 0 Å². The minimum absolute atomic E-state index is 0.0146. The number of rotatable bonds is 3. The van der Waals surface area contributed by atoms with Gasteiger partial charge in [0.1, 0.15) is 0 Å². The van der Waals surface area contributed by atoms with Crippen molar-refractivity contribution in [2.45, 2.75) is 0 Å². The van der Waals surface area contributed by atoms with Crippen molar-refractivity contribution in [3.05, 3.63) is 88.4 Å². The largest absolute Gasteiger partial charge is 0.289 e. The van der Waals surface area contributed by atoms with Gasteiger partial charge in [0.15, 0.2) is 5.78 Å². The van der Waals surface area contributed by atoms with E-state index in [1.165, 1.54) is 0 Å². The molecule has 0 unspecified atom stereocenters. The van der Waals surface area contributed by atoms with Gasteiger partial charge in [0, 0.05) is 10.0 Å². The maximum Gasteiger partial charge on any atom is 0.185 e. The number of benzene rings is 3. The molecule has 0 N–H and O–H groups in total. The van der Waals surface area contributed by atoms with Crippen LogP contribution in [0.5, 0.6) is 0 Å². The summed E-state index contributed by atoms with van der Waals surface area (Å²) in [4.78, 5) is 12.2. The molecule has 0 heterocycles. The molecule has 3 aromatic carbocycles. The molecule has 1 nitrogen and oxygen atoms in total. The molecule has 0 spiro atoms. The van der Waals surface area contributed by atoms with E-state index in [0.717, 1.165) is 20.8 Å². The molecule has 2 heteroatoms. The monoisotopic (exact) mass is 336 g/mol. The molecule has 0 atom stereocenters. The van der Waals surface area contributed by atoms with Crippen LogP contribution in [0.25, 0.3) is 16.8 Å². The Labute approximate surface area is 132 Å². The summed E-state index contributed by atoms with van der Waals surface area (Å²) in [6.45, 7) is 0. The van der Waals surface area contributed by atoms with Gasteiger partial charge in [-0.15, -0.1) is 0 Å². The summed E-state index contributed by atoms with van der Waals surface area (Å²) in [6, 6.07) is 21.7. The Bertz CT molecular complexity index is 834. The first-order valence-electron chi connectivity index (χ1n) is 6.69. The molecule has 0 aliphatic carbocycles. The van der Waals surface area contributed by atoms with Crippen molar-refractivity contribution >= 4 is 38.6 Å². The summed E-state index contributed by atoms with van der Waals surface area (Å²) < 4.78 is 1.00. The van der Waals surface area contributed by atoms with Crippen molar-refractivity contribution in [3.63, 3.8) is 0 Å². The Morgan fingerprint density at radius 1 is 0.857 bits per heavy atom. The smallest absolute Gasteiger partial charge is 0.185 e. The molecule has 102 valence electrons. The van der Waals surface area contributed by atoms with Crippen molar-refractivity contribution in [1.82, 2.24) is 0 Å². The molecule has 0 saturated carbocycles. The predicted octanol–water partition coefficient (Wildman–Crippen LogP) is 5.50. The SMILES string of the molecule is O=C(/C=C/c1cccc(Br)c1)c1ccc2ccccc2c1. The molecule has 0 bridgehead atoms. The van der Waals surface area contributed by atoms with Gasteiger partial charge in [0.2, 0.25) is 0 Å². The summed E-state index contributed by atoms with van der Waals surface area (Å²) in [6.07, 6.45) is 3.45. The first-order chi connectivity index (χ1) is 10.2. The van der Waals surface area contributed by atoms with Crippen molar-refractivity contribution in [3.8, 4) is 0 Å². The second-order valence-electron chi connectivity index (χ2n) is 4.81. The first-order valence-corrected chi connectivity index (χ1v) is 7.48. The molecule has 0 aromatic heterocycles. The molecule has 0 saturated heterocycles. The van der Waals surface area contributed by atoms with E-state index < -0.39 is 0 Å². The second-order valence-corrected chi connectivity index (χ2v) is 5.73. The molecule has 3 aromatic rings. The van der Waals surface area contributed by atoms with Crippen molar-refractivity contribution in [2.24, 2.45) is 0 Å². The minimum atomic E-state index is 0.0146. The third kappa shape index (κ3) is 3.29. The van der Waals surface area contributed by atoms with E-state index in [-0.39, 0.29) is 5.78 Å². The van der Waals surface area contributed by atoms with Gasteiger partial charge in [0.05, 0.1) is 0 Å². The number of hydrogen-bond acceptors (Lipinski definition) is 1. The number of halogens is 1. The Morgan fingerprint density at radius 2 is 1.67 bits per heavy atom. The average Bonchev–Trinajstić information content (AvgIpc) is 2.52. The summed E-state index contributed by atoms with van der Waals surface area (Å²) in [5.74, 6) is 0.0146. The van der Waals surface area contributed by atoms with Crippen molar-refractivity contribution < 1.29 is 4.79 Å². The fourth-order valence-corrected chi connectivity index (χ4v) is 2.64. The van der Waals surface area contributed by atoms with Crippen LogP contribution in [0.3, 0.4) is 0 Å². The number of carbonyl (C=O) groups is 1. The van der Waals surface area contributed by atoms with Crippen LogP contribution in [0.1, 0.15) is 15.9 Å². The Balaban J connectivity index is 1.86. The topological polar surface area (TPSA) is 17.1 Å². The zero-order valence-electron chi connectivity index (χ0n) is 11.3. The lowest BCUT2D eigenvalue weighted by atomic mass is 10.0. The van der Waals surface area contributed by atoms with Crippen LogP contribution in [0.2, 0.25) is 0 Å². The Hall–Kier alpha value is -2.19. The quantitative estimate of drug-likeness (QED) is 0.456. The predicted molar refractivity (Wildman–Crippen MR) is 91.5 cm³/mol. The van der Waals surface area contributed by atoms with Crippen LogP contribution in [-0.2, 0) is 0 Å². The summed E-state index contributed by atoms with van der Waals surface area (Å²) in [7, 11) is 0. The third-order valence-electron chi connectivity index (χ3n) is 3.31. The molecule has 0 radical (unpaired) electrons. The van der Waals surface area contributed by atoms with Gasteiger partial charge in [-0.2, -0.15) is 0 Å². The standard InChI is InChI=1S/C19H13BrO/c20-18-7-3-4-14(12-18)8-11-19(21)17-10-9-15-5-1-2-6-16(15)13-17/h1-13H/b11-8+. The molecule has 0 fully saturated rings. The molecule has 0 aliphatic heterocycles. The van der Waals surface area contributed by atoms with Crippen LogP contribution in [0, 0.1) is 0 Å². The first kappa shape index (κ1) is 13.8. The number of ketones is 1. The summed E-state index contributed by atoms with van der Waals surface area (Å²) in [5, 5.41) is 2.23. The van der Waals surface area contributed by atoms with E-state index in [2.05, 4.69) is 15.9 Å². The van der Waals surface area contributed by atoms with Gasteiger partial charge in [-0.1, -0.05) is 70.5 Å². The second kappa shape index (κ2) is 6.06. The fourth-order valence-electron chi connectivity index (χ4n) is 2.22. The lowest BCUT2D eigenvalue weighted by Gasteiger charge is -2.00. The summed E-state index contributed by atoms with van der Waals surface area (Å²) >= 11 is 3.42. The average molecular weight is 337 g/mol. The van der Waals surface area contributed by atoms with Crippen LogP contribution in [0.15, 0.2) is 77.3 Å². The van der Waals surface area contributed by atoms with Gasteiger partial charge in [0.25, 0.3) is 0 Å². The minimum Gasteiger partial charge on any atom is -0.289 e. The van der Waals surface area contributed by atoms with E-state index >= 15 is 0 Å². The Morgan fingerprint density at radius 3 is 2.48 bits per heavy atom. The van der Waals surface area contributed by atoms with E-state index in [1.807, 2.05) is 72.8 Å². The zero-order valence-corrected chi connectivity index (χ0v) is 12.9. The van der Waals surface area contributed by atoms with Gasteiger partial charge in [-0.05, 0) is 40.6 Å². The van der Waals surface area contributed by atoms with Crippen molar-refractivity contribution in [1.29, 1.82) is 0 Å². The highest BCUT2D eigenvalue weighted by atomic mass is 79.9. The van der Waals surface area contributed by atoms with Crippen LogP contribution < -0.4 is 0 Å².